The first-order valence-electron chi connectivity index (χ1n) is 13.5. The summed E-state index contributed by atoms with van der Waals surface area (Å²) in [5, 5.41) is 15.6. The standard InChI is InChI=1S/C26H38N2O16/c1-10(29)27-19-23(41-15(6)34)21(39-13(4)32)17(43-25(19)36)9-38-26-20(28-11(2)30)24(42-16(7)35)22(40-14(5)33)18(44-26)8-37-12(3)31/h17-26,36H,8-9H2,1-7H3,(H,27,29)(H,28,30)/t17?,18?,19?,20?,21-,22-,23?,24?,25-,26-/m1/s1. The van der Waals surface area contributed by atoms with Gasteiger partial charge in [0.15, 0.2) is 37.0 Å². The number of carbonyl (C=O) groups is 7. The molecule has 0 aromatic rings. The number of nitrogens with one attached hydrogen (secondary N) is 2. The lowest BCUT2D eigenvalue weighted by Gasteiger charge is -2.46. The monoisotopic (exact) mass is 634 g/mol. The maximum Gasteiger partial charge on any atom is 0.303 e. The first-order chi connectivity index (χ1) is 20.5. The molecular formula is C26H38N2O16. The summed E-state index contributed by atoms with van der Waals surface area (Å²) < 4.78 is 43.8. The van der Waals surface area contributed by atoms with Gasteiger partial charge in [-0.3, -0.25) is 33.6 Å². The molecule has 18 heteroatoms. The summed E-state index contributed by atoms with van der Waals surface area (Å²) in [5.41, 5.74) is 0. The lowest BCUT2D eigenvalue weighted by Crippen LogP contribution is -2.68. The molecule has 0 bridgehead atoms. The maximum atomic E-state index is 12.2. The number of aliphatic hydroxyl groups excluding tert-OH is 1. The van der Waals surface area contributed by atoms with E-state index < -0.39 is 116 Å². The van der Waals surface area contributed by atoms with E-state index in [0.717, 1.165) is 48.5 Å². The summed E-state index contributed by atoms with van der Waals surface area (Å²) in [6.07, 6.45) is -11.6. The van der Waals surface area contributed by atoms with Crippen LogP contribution in [0.15, 0.2) is 0 Å². The Labute approximate surface area is 252 Å². The van der Waals surface area contributed by atoms with E-state index in [1.807, 2.05) is 0 Å². The number of hydrogen-bond donors (Lipinski definition) is 3. The topological polar surface area (TPSA) is 238 Å². The van der Waals surface area contributed by atoms with E-state index in [9.17, 15) is 38.7 Å². The molecule has 0 radical (unpaired) electrons. The van der Waals surface area contributed by atoms with Gasteiger partial charge in [0.2, 0.25) is 11.8 Å². The van der Waals surface area contributed by atoms with Crippen molar-refractivity contribution in [3.8, 4) is 0 Å². The van der Waals surface area contributed by atoms with Gasteiger partial charge >= 0.3 is 29.8 Å². The molecule has 2 rings (SSSR count). The van der Waals surface area contributed by atoms with Crippen molar-refractivity contribution >= 4 is 41.7 Å². The summed E-state index contributed by atoms with van der Waals surface area (Å²) in [7, 11) is 0. The Balaban J connectivity index is 2.48. The Hall–Kier alpha value is -3.87. The Bertz CT molecular complexity index is 1100. The molecule has 10 atom stereocenters. The second-order valence-corrected chi connectivity index (χ2v) is 9.99. The fourth-order valence-corrected chi connectivity index (χ4v) is 4.73. The molecule has 2 fully saturated rings. The summed E-state index contributed by atoms with van der Waals surface area (Å²) in [6, 6.07) is -2.67. The van der Waals surface area contributed by atoms with E-state index in [-0.39, 0.29) is 0 Å². The highest BCUT2D eigenvalue weighted by Crippen LogP contribution is 2.30. The van der Waals surface area contributed by atoms with Crippen molar-refractivity contribution in [2.75, 3.05) is 13.2 Å². The average molecular weight is 635 g/mol. The molecule has 0 aromatic heterocycles. The Morgan fingerprint density at radius 2 is 0.977 bits per heavy atom. The molecule has 6 unspecified atom stereocenters. The molecule has 44 heavy (non-hydrogen) atoms. The van der Waals surface area contributed by atoms with Gasteiger partial charge in [-0.1, -0.05) is 0 Å². The average Bonchev–Trinajstić information content (AvgIpc) is 2.87. The van der Waals surface area contributed by atoms with Gasteiger partial charge in [-0.15, -0.1) is 0 Å². The molecular weight excluding hydrogens is 596 g/mol. The third kappa shape index (κ3) is 10.7. The lowest BCUT2D eigenvalue weighted by atomic mass is 9.95. The second-order valence-electron chi connectivity index (χ2n) is 9.99. The van der Waals surface area contributed by atoms with E-state index in [2.05, 4.69) is 10.6 Å². The first-order valence-corrected chi connectivity index (χ1v) is 13.5. The highest BCUT2D eigenvalue weighted by Gasteiger charge is 2.53. The minimum absolute atomic E-state index is 0.487. The quantitative estimate of drug-likeness (QED) is 0.161. The van der Waals surface area contributed by atoms with Crippen LogP contribution >= 0.6 is 0 Å². The van der Waals surface area contributed by atoms with Crippen molar-refractivity contribution < 1.29 is 76.6 Å². The van der Waals surface area contributed by atoms with Gasteiger partial charge in [-0.05, 0) is 0 Å². The number of aliphatic hydroxyl groups is 1. The molecule has 248 valence electrons. The number of esters is 5. The molecule has 2 amide bonds. The zero-order chi connectivity index (χ0) is 33.3. The summed E-state index contributed by atoms with van der Waals surface area (Å²) in [6.45, 7) is 6.64. The van der Waals surface area contributed by atoms with E-state index in [1.54, 1.807) is 0 Å². The molecule has 0 saturated carbocycles. The van der Waals surface area contributed by atoms with Crippen LogP contribution in [0.2, 0.25) is 0 Å². The molecule has 3 N–H and O–H groups in total. The normalized spacial score (nSPS) is 31.5. The number of hydrogen-bond acceptors (Lipinski definition) is 16. The fraction of sp³-hybridized carbons (Fsp3) is 0.731. The van der Waals surface area contributed by atoms with Crippen molar-refractivity contribution in [2.24, 2.45) is 0 Å². The molecule has 2 aliphatic heterocycles. The van der Waals surface area contributed by atoms with Crippen molar-refractivity contribution in [2.45, 2.75) is 110 Å². The molecule has 2 saturated heterocycles. The molecule has 2 aliphatic rings. The molecule has 0 aliphatic carbocycles. The van der Waals surface area contributed by atoms with Crippen LogP contribution in [0.4, 0.5) is 0 Å². The van der Waals surface area contributed by atoms with Gasteiger partial charge in [0.05, 0.1) is 6.61 Å². The van der Waals surface area contributed by atoms with Crippen LogP contribution in [0.3, 0.4) is 0 Å². The van der Waals surface area contributed by atoms with Gasteiger partial charge in [-0.2, -0.15) is 0 Å². The summed E-state index contributed by atoms with van der Waals surface area (Å²) >= 11 is 0. The van der Waals surface area contributed by atoms with E-state index >= 15 is 0 Å². The van der Waals surface area contributed by atoms with E-state index in [4.69, 9.17) is 37.9 Å². The van der Waals surface area contributed by atoms with Crippen LogP contribution in [0.25, 0.3) is 0 Å². The van der Waals surface area contributed by atoms with Gasteiger partial charge in [0, 0.05) is 48.5 Å². The predicted molar refractivity (Wildman–Crippen MR) is 140 cm³/mol. The SMILES string of the molecule is CC(=O)NC1C(OC(C)=O)[C@H](OC(C)=O)C(COC(C)=O)O[C@H]1OCC1O[C@@H](O)C(NC(C)=O)C(OC(C)=O)[C@@H]1OC(C)=O. The lowest BCUT2D eigenvalue weighted by molar-refractivity contribution is -0.302. The first kappa shape index (κ1) is 36.3. The minimum Gasteiger partial charge on any atom is -0.463 e. The fourth-order valence-electron chi connectivity index (χ4n) is 4.73. The number of amides is 2. The van der Waals surface area contributed by atoms with Crippen LogP contribution in [-0.2, 0) is 71.5 Å². The van der Waals surface area contributed by atoms with Crippen LogP contribution in [-0.4, -0.2) is 121 Å². The predicted octanol–water partition coefficient (Wildman–Crippen LogP) is -2.26. The summed E-state index contributed by atoms with van der Waals surface area (Å²) in [5.74, 6) is -5.23. The third-order valence-electron chi connectivity index (χ3n) is 6.14. The van der Waals surface area contributed by atoms with Crippen molar-refractivity contribution in [3.05, 3.63) is 0 Å². The van der Waals surface area contributed by atoms with Crippen molar-refractivity contribution in [3.63, 3.8) is 0 Å². The van der Waals surface area contributed by atoms with Crippen LogP contribution in [0, 0.1) is 0 Å². The number of carbonyl (C=O) groups excluding carboxylic acids is 7. The molecule has 0 spiro atoms. The van der Waals surface area contributed by atoms with Crippen LogP contribution < -0.4 is 10.6 Å². The van der Waals surface area contributed by atoms with E-state index in [0.29, 0.717) is 0 Å². The molecule has 18 nitrogen and oxygen atoms in total. The zero-order valence-corrected chi connectivity index (χ0v) is 25.3. The van der Waals surface area contributed by atoms with E-state index in [1.165, 1.54) is 0 Å². The van der Waals surface area contributed by atoms with Gasteiger partial charge in [0.1, 0.15) is 30.9 Å². The third-order valence-corrected chi connectivity index (χ3v) is 6.14. The van der Waals surface area contributed by atoms with Crippen molar-refractivity contribution in [1.82, 2.24) is 10.6 Å². The number of ether oxygens (including phenoxy) is 8. The zero-order valence-electron chi connectivity index (χ0n) is 25.3. The minimum atomic E-state index is -1.78. The highest BCUT2D eigenvalue weighted by molar-refractivity contribution is 5.74. The Morgan fingerprint density at radius 1 is 0.568 bits per heavy atom. The van der Waals surface area contributed by atoms with Gasteiger partial charge in [-0.25, -0.2) is 0 Å². The second kappa shape index (κ2) is 16.3. The Kier molecular flexibility index (Phi) is 13.4. The highest BCUT2D eigenvalue weighted by atomic mass is 16.7. The van der Waals surface area contributed by atoms with Gasteiger partial charge < -0.3 is 53.6 Å². The van der Waals surface area contributed by atoms with Gasteiger partial charge in [0.25, 0.3) is 0 Å². The molecule has 2 heterocycles. The molecule has 0 aromatic carbocycles. The van der Waals surface area contributed by atoms with Crippen LogP contribution in [0.1, 0.15) is 48.5 Å². The largest absolute Gasteiger partial charge is 0.463 e. The van der Waals surface area contributed by atoms with Crippen LogP contribution in [0.5, 0.6) is 0 Å². The Morgan fingerprint density at radius 3 is 1.41 bits per heavy atom. The van der Waals surface area contributed by atoms with Crippen molar-refractivity contribution in [1.29, 1.82) is 0 Å². The maximum absolute atomic E-state index is 12.2. The number of rotatable bonds is 11. The summed E-state index contributed by atoms with van der Waals surface area (Å²) in [4.78, 5) is 83.4. The smallest absolute Gasteiger partial charge is 0.303 e.